The van der Waals surface area contributed by atoms with Gasteiger partial charge in [0.05, 0.1) is 13.7 Å². The number of aliphatic hydroxyl groups is 4. The van der Waals surface area contributed by atoms with Gasteiger partial charge in [0.15, 0.2) is 6.23 Å². The number of aliphatic hydroxyl groups excluding tert-OH is 4. The first-order valence-electron chi connectivity index (χ1n) is 10.5. The zero-order valence-corrected chi connectivity index (χ0v) is 19.3. The van der Waals surface area contributed by atoms with Crippen LogP contribution in [0.4, 0.5) is 5.69 Å². The average molecular weight is 481 g/mol. The molecule has 1 fully saturated rings. The summed E-state index contributed by atoms with van der Waals surface area (Å²) >= 11 is 11.7. The molecule has 1 aliphatic heterocycles. The summed E-state index contributed by atoms with van der Waals surface area (Å²) in [7, 11) is 1.45. The van der Waals surface area contributed by atoms with Crippen LogP contribution < -0.4 is 4.90 Å². The lowest BCUT2D eigenvalue weighted by atomic mass is 9.98. The second kappa shape index (κ2) is 13.8. The van der Waals surface area contributed by atoms with Gasteiger partial charge < -0.3 is 30.1 Å². The van der Waals surface area contributed by atoms with Crippen LogP contribution in [0.15, 0.2) is 24.3 Å². The third kappa shape index (κ3) is 7.42. The highest BCUT2D eigenvalue weighted by molar-refractivity contribution is 6.18. The molecule has 0 aromatic heterocycles. The monoisotopic (exact) mass is 480 g/mol. The van der Waals surface area contributed by atoms with Gasteiger partial charge >= 0.3 is 0 Å². The van der Waals surface area contributed by atoms with E-state index in [4.69, 9.17) is 32.8 Å². The summed E-state index contributed by atoms with van der Waals surface area (Å²) in [6, 6.07) is 8.33. The molecule has 0 bridgehead atoms. The Labute approximate surface area is 193 Å². The van der Waals surface area contributed by atoms with E-state index >= 15 is 0 Å². The van der Waals surface area contributed by atoms with Crippen molar-refractivity contribution in [2.45, 2.75) is 49.9 Å². The second-order valence-corrected chi connectivity index (χ2v) is 8.29. The molecule has 1 aromatic carbocycles. The van der Waals surface area contributed by atoms with Crippen LogP contribution in [-0.4, -0.2) is 101 Å². The van der Waals surface area contributed by atoms with Crippen LogP contribution in [-0.2, 0) is 16.0 Å². The van der Waals surface area contributed by atoms with E-state index in [1.165, 1.54) is 17.7 Å². The minimum absolute atomic E-state index is 0.455. The second-order valence-electron chi connectivity index (χ2n) is 7.53. The number of hydrogen-bond acceptors (Lipinski definition) is 8. The number of rotatable bonds is 13. The van der Waals surface area contributed by atoms with Gasteiger partial charge in [0.1, 0.15) is 24.4 Å². The largest absolute Gasteiger partial charge is 0.394 e. The minimum Gasteiger partial charge on any atom is -0.394 e. The maximum Gasteiger partial charge on any atom is 0.162 e. The Kier molecular flexibility index (Phi) is 11.8. The predicted molar refractivity (Wildman–Crippen MR) is 121 cm³/mol. The third-order valence-corrected chi connectivity index (χ3v) is 5.83. The van der Waals surface area contributed by atoms with Crippen molar-refractivity contribution in [1.29, 1.82) is 0 Å². The van der Waals surface area contributed by atoms with Crippen LogP contribution in [0, 0.1) is 0 Å². The summed E-state index contributed by atoms with van der Waals surface area (Å²) in [5, 5.41) is 40.9. The third-order valence-electron chi connectivity index (χ3n) is 5.49. The summed E-state index contributed by atoms with van der Waals surface area (Å²) in [5.41, 5.74) is 2.30. The number of ether oxygens (including phenoxy) is 1. The van der Waals surface area contributed by atoms with Gasteiger partial charge in [-0.15, -0.1) is 23.2 Å². The van der Waals surface area contributed by atoms with Gasteiger partial charge in [-0.1, -0.05) is 12.1 Å². The molecule has 1 saturated heterocycles. The molecule has 8 nitrogen and oxygen atoms in total. The first-order chi connectivity index (χ1) is 15.0. The van der Waals surface area contributed by atoms with E-state index < -0.39 is 37.3 Å². The molecule has 5 atom stereocenters. The molecular weight excluding hydrogens is 447 g/mol. The summed E-state index contributed by atoms with van der Waals surface area (Å²) in [5.74, 6) is 1.09. The normalized spacial score (nSPS) is 26.4. The van der Waals surface area contributed by atoms with Crippen LogP contribution in [0.5, 0.6) is 0 Å². The lowest BCUT2D eigenvalue weighted by Crippen LogP contribution is -2.63. The van der Waals surface area contributed by atoms with Gasteiger partial charge in [0.2, 0.25) is 0 Å². The molecule has 2 rings (SSSR count). The Balaban J connectivity index is 1.84. The standard InChI is InChI=1S/C21H34Cl2N2O6/c1-30-25(21-20(29)19(28)18(27)17(14-26)31-21)11-3-2-4-15-5-7-16(8-6-15)24(12-9-22)13-10-23/h5-8,17-21,26-29H,2-4,9-14H2,1H3/t17-,18-,19-,20-,21?/m0/s1. The molecule has 31 heavy (non-hydrogen) atoms. The molecule has 0 radical (unpaired) electrons. The summed E-state index contributed by atoms with van der Waals surface area (Å²) in [4.78, 5) is 7.48. The zero-order chi connectivity index (χ0) is 22.8. The van der Waals surface area contributed by atoms with Crippen molar-refractivity contribution in [2.75, 3.05) is 50.0 Å². The van der Waals surface area contributed by atoms with Gasteiger partial charge in [-0.3, -0.25) is 4.84 Å². The number of anilines is 1. The Bertz CT molecular complexity index is 618. The number of hydroxylamine groups is 2. The number of hydrogen-bond donors (Lipinski definition) is 4. The van der Waals surface area contributed by atoms with E-state index in [9.17, 15) is 20.4 Å². The Morgan fingerprint density at radius 3 is 2.13 bits per heavy atom. The molecule has 178 valence electrons. The Morgan fingerprint density at radius 2 is 1.58 bits per heavy atom. The molecule has 0 saturated carbocycles. The Hall–Kier alpha value is -0.680. The van der Waals surface area contributed by atoms with Crippen LogP contribution in [0.1, 0.15) is 18.4 Å². The van der Waals surface area contributed by atoms with Crippen molar-refractivity contribution < 1.29 is 30.0 Å². The quantitative estimate of drug-likeness (QED) is 0.188. The van der Waals surface area contributed by atoms with Crippen LogP contribution >= 0.6 is 23.2 Å². The number of aryl methyl sites for hydroxylation is 1. The molecule has 4 N–H and O–H groups in total. The highest BCUT2D eigenvalue weighted by Gasteiger charge is 2.45. The lowest BCUT2D eigenvalue weighted by Gasteiger charge is -2.43. The van der Waals surface area contributed by atoms with Crippen LogP contribution in [0.2, 0.25) is 0 Å². The maximum absolute atomic E-state index is 10.2. The van der Waals surface area contributed by atoms with Gasteiger partial charge in [0.25, 0.3) is 0 Å². The smallest absolute Gasteiger partial charge is 0.162 e. The highest BCUT2D eigenvalue weighted by atomic mass is 35.5. The first-order valence-corrected chi connectivity index (χ1v) is 11.6. The molecule has 1 aliphatic rings. The van der Waals surface area contributed by atoms with Crippen molar-refractivity contribution in [3.05, 3.63) is 29.8 Å². The zero-order valence-electron chi connectivity index (χ0n) is 17.8. The van der Waals surface area contributed by atoms with Crippen LogP contribution in [0.3, 0.4) is 0 Å². The van der Waals surface area contributed by atoms with E-state index in [2.05, 4.69) is 29.2 Å². The van der Waals surface area contributed by atoms with Crippen molar-refractivity contribution in [3.63, 3.8) is 0 Å². The van der Waals surface area contributed by atoms with E-state index in [1.54, 1.807) is 0 Å². The number of alkyl halides is 2. The molecule has 1 heterocycles. The first kappa shape index (κ1) is 26.6. The topological polar surface area (TPSA) is 106 Å². The summed E-state index contributed by atoms with van der Waals surface area (Å²) in [6.07, 6.45) is -3.59. The SMILES string of the molecule is CON(CCCCc1ccc(N(CCCl)CCCl)cc1)C1O[C@@H](CO)[C@H](O)[C@H](O)[C@@H]1O. The molecule has 1 aromatic rings. The maximum atomic E-state index is 10.2. The molecule has 1 unspecified atom stereocenters. The van der Waals surface area contributed by atoms with Gasteiger partial charge in [-0.2, -0.15) is 5.06 Å². The van der Waals surface area contributed by atoms with Gasteiger partial charge in [0, 0.05) is 37.1 Å². The summed E-state index contributed by atoms with van der Waals surface area (Å²) in [6.45, 7) is 1.48. The molecular formula is C21H34Cl2N2O6. The Morgan fingerprint density at radius 1 is 0.935 bits per heavy atom. The van der Waals surface area contributed by atoms with Gasteiger partial charge in [-0.05, 0) is 37.0 Å². The number of unbranched alkanes of at least 4 members (excludes halogenated alkanes) is 1. The van der Waals surface area contributed by atoms with E-state index in [0.29, 0.717) is 18.3 Å². The fourth-order valence-corrected chi connectivity index (χ4v) is 4.09. The predicted octanol–water partition coefficient (Wildman–Crippen LogP) is 0.957. The van der Waals surface area contributed by atoms with Gasteiger partial charge in [-0.25, -0.2) is 0 Å². The summed E-state index contributed by atoms with van der Waals surface area (Å²) < 4.78 is 5.54. The molecule has 0 spiro atoms. The fourth-order valence-electron chi connectivity index (χ4n) is 3.69. The lowest BCUT2D eigenvalue weighted by molar-refractivity contribution is -0.328. The molecule has 0 amide bonds. The minimum atomic E-state index is -1.43. The van der Waals surface area contributed by atoms with Crippen molar-refractivity contribution in [3.8, 4) is 0 Å². The average Bonchev–Trinajstić information content (AvgIpc) is 2.79. The van der Waals surface area contributed by atoms with Crippen molar-refractivity contribution in [1.82, 2.24) is 5.06 Å². The van der Waals surface area contributed by atoms with Crippen molar-refractivity contribution >= 4 is 28.9 Å². The molecule has 0 aliphatic carbocycles. The number of nitrogens with zero attached hydrogens (tertiary/aromatic N) is 2. The number of benzene rings is 1. The van der Waals surface area contributed by atoms with Crippen LogP contribution in [0.25, 0.3) is 0 Å². The fraction of sp³-hybridized carbons (Fsp3) is 0.714. The molecule has 10 heteroatoms. The van der Waals surface area contributed by atoms with E-state index in [1.807, 2.05) is 0 Å². The van der Waals surface area contributed by atoms with Crippen molar-refractivity contribution in [2.24, 2.45) is 0 Å². The number of halogens is 2. The highest BCUT2D eigenvalue weighted by Crippen LogP contribution is 2.24. The van der Waals surface area contributed by atoms with E-state index in [0.717, 1.165) is 38.0 Å². The van der Waals surface area contributed by atoms with E-state index in [-0.39, 0.29) is 0 Å².